The molecule has 0 saturated heterocycles. The molecule has 2 atom stereocenters. The number of hydrogen-bond donors (Lipinski definition) is 1. The predicted octanol–water partition coefficient (Wildman–Crippen LogP) is 2.19. The summed E-state index contributed by atoms with van der Waals surface area (Å²) in [5.41, 5.74) is 7.05. The van der Waals surface area contributed by atoms with E-state index in [1.165, 1.54) is 0 Å². The number of fused-ring (bicyclic) bond motifs is 1. The minimum Gasteiger partial charge on any atom is -0.424 e. The molecule has 0 fully saturated rings. The van der Waals surface area contributed by atoms with E-state index in [-0.39, 0.29) is 23.7 Å². The van der Waals surface area contributed by atoms with E-state index in [0.29, 0.717) is 17.3 Å². The largest absolute Gasteiger partial charge is 0.424 e. The van der Waals surface area contributed by atoms with Crippen molar-refractivity contribution < 1.29 is 9.21 Å². The zero-order valence-corrected chi connectivity index (χ0v) is 15.1. The maximum atomic E-state index is 10.9. The predicted molar refractivity (Wildman–Crippen MR) is 101 cm³/mol. The molecule has 9 heteroatoms. The molecule has 132 valence electrons. The maximum Gasteiger partial charge on any atom is 0.226 e. The molecule has 2 aliphatic heterocycles. The summed E-state index contributed by atoms with van der Waals surface area (Å²) >= 11 is 7.52. The zero-order valence-electron chi connectivity index (χ0n) is 13.5. The number of thioether (sulfide) groups is 1. The fraction of sp³-hybridized carbons (Fsp3) is 0.235. The molecule has 2 N–H and O–H groups in total. The summed E-state index contributed by atoms with van der Waals surface area (Å²) in [6.45, 7) is 0. The molecule has 0 radical (unpaired) electrons. The Labute approximate surface area is 158 Å². The Morgan fingerprint density at radius 3 is 2.73 bits per heavy atom. The molecule has 0 aliphatic carbocycles. The van der Waals surface area contributed by atoms with Gasteiger partial charge in [-0.25, -0.2) is 0 Å². The smallest absolute Gasteiger partial charge is 0.226 e. The summed E-state index contributed by atoms with van der Waals surface area (Å²) < 4.78 is 5.43. The fourth-order valence-electron chi connectivity index (χ4n) is 2.67. The van der Waals surface area contributed by atoms with Gasteiger partial charge in [0.05, 0.1) is 17.2 Å². The molecule has 4 rings (SSSR count). The van der Waals surface area contributed by atoms with Gasteiger partial charge in [0.15, 0.2) is 0 Å². The van der Waals surface area contributed by atoms with Crippen molar-refractivity contribution >= 4 is 40.0 Å². The number of benzene rings is 1. The highest BCUT2D eigenvalue weighted by atomic mass is 35.5. The lowest BCUT2D eigenvalue weighted by Gasteiger charge is -2.16. The highest BCUT2D eigenvalue weighted by Gasteiger charge is 2.31. The Morgan fingerprint density at radius 1 is 1.19 bits per heavy atom. The molecule has 0 saturated carbocycles. The van der Waals surface area contributed by atoms with Crippen LogP contribution < -0.4 is 5.73 Å². The van der Waals surface area contributed by atoms with Crippen molar-refractivity contribution in [3.8, 4) is 0 Å². The third-order valence-electron chi connectivity index (χ3n) is 3.84. The van der Waals surface area contributed by atoms with Crippen molar-refractivity contribution in [3.63, 3.8) is 0 Å². The van der Waals surface area contributed by atoms with Gasteiger partial charge in [-0.05, 0) is 23.8 Å². The van der Waals surface area contributed by atoms with E-state index in [4.69, 9.17) is 26.7 Å². The van der Waals surface area contributed by atoms with Crippen LogP contribution in [0.2, 0.25) is 5.02 Å². The van der Waals surface area contributed by atoms with Crippen LogP contribution in [-0.4, -0.2) is 38.3 Å². The summed E-state index contributed by atoms with van der Waals surface area (Å²) in [6.07, 6.45) is 4.39. The Bertz CT molecular complexity index is 935. The summed E-state index contributed by atoms with van der Waals surface area (Å²) in [6, 6.07) is 7.60. The number of aliphatic imine (C=N–C) groups is 2. The lowest BCUT2D eigenvalue weighted by atomic mass is 10.1. The van der Waals surface area contributed by atoms with Crippen molar-refractivity contribution in [2.75, 3.05) is 0 Å². The van der Waals surface area contributed by atoms with Crippen LogP contribution in [0.15, 0.2) is 50.8 Å². The number of nitrogens with zero attached hydrogens (tertiary/aromatic N) is 4. The van der Waals surface area contributed by atoms with E-state index in [9.17, 15) is 4.79 Å². The van der Waals surface area contributed by atoms with Crippen LogP contribution >= 0.6 is 23.4 Å². The first-order valence-corrected chi connectivity index (χ1v) is 9.17. The van der Waals surface area contributed by atoms with E-state index in [1.54, 1.807) is 11.8 Å². The zero-order chi connectivity index (χ0) is 18.1. The van der Waals surface area contributed by atoms with Crippen molar-refractivity contribution in [1.29, 1.82) is 0 Å². The number of primary amides is 1. The molecule has 0 bridgehead atoms. The first-order chi connectivity index (χ1) is 12.6. The summed E-state index contributed by atoms with van der Waals surface area (Å²) in [4.78, 5) is 20.3. The molecule has 0 spiro atoms. The van der Waals surface area contributed by atoms with Crippen LogP contribution in [0.5, 0.6) is 0 Å². The number of hydrogen-bond acceptors (Lipinski definition) is 7. The van der Waals surface area contributed by atoms with Gasteiger partial charge in [0.1, 0.15) is 17.8 Å². The second-order valence-electron chi connectivity index (χ2n) is 5.81. The SMILES string of the molecule is NC(=O)Cc1nnc(CC2=NC3C=CC(c4ccc(Cl)cc4)=NC3S2)o1. The Hall–Kier alpha value is -2.45. The normalized spacial score (nSPS) is 21.3. The molecule has 7 nitrogen and oxygen atoms in total. The molecule has 2 unspecified atom stereocenters. The average molecular weight is 388 g/mol. The van der Waals surface area contributed by atoms with Gasteiger partial charge in [-0.2, -0.15) is 0 Å². The minimum absolute atomic E-state index is 0.000869. The minimum atomic E-state index is -0.506. The maximum absolute atomic E-state index is 10.9. The lowest BCUT2D eigenvalue weighted by molar-refractivity contribution is -0.117. The van der Waals surface area contributed by atoms with Crippen molar-refractivity contribution in [2.24, 2.45) is 15.7 Å². The first kappa shape index (κ1) is 17.0. The number of amides is 1. The van der Waals surface area contributed by atoms with Gasteiger partial charge >= 0.3 is 0 Å². The summed E-state index contributed by atoms with van der Waals surface area (Å²) in [7, 11) is 0. The summed E-state index contributed by atoms with van der Waals surface area (Å²) in [5.74, 6) is 0.126. The number of halogens is 1. The van der Waals surface area contributed by atoms with E-state index in [1.807, 2.05) is 36.4 Å². The molecule has 2 aromatic rings. The molecule has 1 aromatic carbocycles. The fourth-order valence-corrected chi connectivity index (χ4v) is 3.92. The van der Waals surface area contributed by atoms with Crippen LogP contribution in [0.3, 0.4) is 0 Å². The average Bonchev–Trinajstić information content (AvgIpc) is 3.20. The highest BCUT2D eigenvalue weighted by Crippen LogP contribution is 2.33. The number of rotatable bonds is 5. The van der Waals surface area contributed by atoms with E-state index in [2.05, 4.69) is 15.2 Å². The standard InChI is InChI=1S/C17H14ClN5O2S/c18-10-3-1-9(2-4-10)11-5-6-12-17(21-11)26-16(20-12)8-15-23-22-14(25-15)7-13(19)24/h1-6,12,17H,7-8H2,(H2,19,24). The van der Waals surface area contributed by atoms with Crippen LogP contribution in [0.4, 0.5) is 0 Å². The van der Waals surface area contributed by atoms with Gasteiger partial charge in [-0.1, -0.05) is 41.6 Å². The van der Waals surface area contributed by atoms with Gasteiger partial charge in [0, 0.05) is 5.02 Å². The Balaban J connectivity index is 1.44. The molecule has 3 heterocycles. The van der Waals surface area contributed by atoms with Gasteiger partial charge in [-0.15, -0.1) is 10.2 Å². The Morgan fingerprint density at radius 2 is 1.96 bits per heavy atom. The van der Waals surface area contributed by atoms with Crippen LogP contribution in [0, 0.1) is 0 Å². The first-order valence-electron chi connectivity index (χ1n) is 7.91. The third kappa shape index (κ3) is 3.71. The number of dihydropyridines is 1. The Kier molecular flexibility index (Phi) is 4.60. The molecular formula is C17H14ClN5O2S. The summed E-state index contributed by atoms with van der Waals surface area (Å²) in [5, 5.41) is 9.32. The van der Waals surface area contributed by atoms with Gasteiger partial charge in [0.25, 0.3) is 0 Å². The number of nitrogens with two attached hydrogens (primary N) is 1. The quantitative estimate of drug-likeness (QED) is 0.846. The van der Waals surface area contributed by atoms with Crippen molar-refractivity contribution in [1.82, 2.24) is 10.2 Å². The lowest BCUT2D eigenvalue weighted by Crippen LogP contribution is -2.19. The van der Waals surface area contributed by atoms with E-state index < -0.39 is 5.91 Å². The topological polar surface area (TPSA) is 107 Å². The van der Waals surface area contributed by atoms with Crippen LogP contribution in [0.25, 0.3) is 0 Å². The number of aromatic nitrogens is 2. The van der Waals surface area contributed by atoms with Gasteiger partial charge < -0.3 is 10.2 Å². The number of carbonyl (C=O) groups is 1. The third-order valence-corrected chi connectivity index (χ3v) is 5.24. The van der Waals surface area contributed by atoms with E-state index in [0.717, 1.165) is 16.3 Å². The molecule has 26 heavy (non-hydrogen) atoms. The molecule has 1 amide bonds. The van der Waals surface area contributed by atoms with Crippen molar-refractivity contribution in [3.05, 3.63) is 58.8 Å². The second-order valence-corrected chi connectivity index (χ2v) is 7.44. The van der Waals surface area contributed by atoms with Crippen LogP contribution in [0.1, 0.15) is 17.3 Å². The monoisotopic (exact) mass is 387 g/mol. The molecule has 1 aromatic heterocycles. The van der Waals surface area contributed by atoms with Gasteiger partial charge in [0.2, 0.25) is 17.7 Å². The highest BCUT2D eigenvalue weighted by molar-refractivity contribution is 8.14. The van der Waals surface area contributed by atoms with Crippen molar-refractivity contribution in [2.45, 2.75) is 24.3 Å². The second kappa shape index (κ2) is 7.05. The van der Waals surface area contributed by atoms with Gasteiger partial charge in [-0.3, -0.25) is 14.8 Å². The van der Waals surface area contributed by atoms with E-state index >= 15 is 0 Å². The molecular weight excluding hydrogens is 374 g/mol. The number of allylic oxidation sites excluding steroid dienone is 1. The van der Waals surface area contributed by atoms with Crippen LogP contribution in [-0.2, 0) is 17.6 Å². The molecule has 2 aliphatic rings. The number of carbonyl (C=O) groups excluding carboxylic acids is 1.